The third-order valence-corrected chi connectivity index (χ3v) is 3.97. The van der Waals surface area contributed by atoms with Crippen LogP contribution in [0.3, 0.4) is 0 Å². The van der Waals surface area contributed by atoms with E-state index in [1.54, 1.807) is 6.20 Å². The van der Waals surface area contributed by atoms with Gasteiger partial charge < -0.3 is 5.73 Å². The number of benzene rings is 1. The van der Waals surface area contributed by atoms with Crippen molar-refractivity contribution in [2.75, 3.05) is 5.73 Å². The molecule has 1 aromatic heterocycles. The molecule has 0 radical (unpaired) electrons. The Labute approximate surface area is 107 Å². The van der Waals surface area contributed by atoms with Crippen LogP contribution in [0, 0.1) is 0 Å². The van der Waals surface area contributed by atoms with Gasteiger partial charge in [0.15, 0.2) is 0 Å². The first kappa shape index (κ1) is 11.3. The van der Waals surface area contributed by atoms with E-state index in [-0.39, 0.29) is 0 Å². The smallest absolute Gasteiger partial charge is 0.126 e. The lowest BCUT2D eigenvalue weighted by Crippen LogP contribution is -2.04. The molecule has 0 amide bonds. The van der Waals surface area contributed by atoms with Gasteiger partial charge in [-0.3, -0.25) is 5.10 Å². The van der Waals surface area contributed by atoms with Gasteiger partial charge in [0, 0.05) is 5.56 Å². The van der Waals surface area contributed by atoms with Gasteiger partial charge in [-0.05, 0) is 29.9 Å². The van der Waals surface area contributed by atoms with Crippen LogP contribution in [0.15, 0.2) is 30.5 Å². The Hall–Kier alpha value is -1.77. The van der Waals surface area contributed by atoms with E-state index in [0.29, 0.717) is 5.82 Å². The quantitative estimate of drug-likeness (QED) is 0.842. The molecular weight excluding hydrogens is 222 g/mol. The first-order chi connectivity index (χ1) is 8.84. The second-order valence-electron chi connectivity index (χ2n) is 5.15. The fraction of sp³-hybridized carbons (Fsp3) is 0.400. The molecule has 1 saturated carbocycles. The fourth-order valence-corrected chi connectivity index (χ4v) is 2.90. The number of hydrogen-bond donors (Lipinski definition) is 2. The highest BCUT2D eigenvalue weighted by molar-refractivity contribution is 5.73. The highest BCUT2D eigenvalue weighted by atomic mass is 15.1. The van der Waals surface area contributed by atoms with Crippen molar-refractivity contribution in [2.45, 2.75) is 38.0 Å². The molecule has 1 aliphatic rings. The van der Waals surface area contributed by atoms with Crippen molar-refractivity contribution >= 4 is 5.82 Å². The van der Waals surface area contributed by atoms with Crippen molar-refractivity contribution in [1.82, 2.24) is 10.2 Å². The summed E-state index contributed by atoms with van der Waals surface area (Å²) >= 11 is 0. The van der Waals surface area contributed by atoms with Crippen LogP contribution in [0.4, 0.5) is 5.82 Å². The van der Waals surface area contributed by atoms with E-state index in [2.05, 4.69) is 34.5 Å². The summed E-state index contributed by atoms with van der Waals surface area (Å²) in [4.78, 5) is 0. The lowest BCUT2D eigenvalue weighted by molar-refractivity contribution is 0.443. The SMILES string of the molecule is Nc1[nH]ncc1-c1ccc(C2CCCCC2)cc1. The third kappa shape index (κ3) is 2.13. The minimum absolute atomic E-state index is 0.639. The van der Waals surface area contributed by atoms with Crippen LogP contribution in [-0.4, -0.2) is 10.2 Å². The van der Waals surface area contributed by atoms with Crippen LogP contribution in [0.25, 0.3) is 11.1 Å². The Morgan fingerprint density at radius 3 is 2.39 bits per heavy atom. The molecule has 0 atom stereocenters. The van der Waals surface area contributed by atoms with Gasteiger partial charge in [-0.25, -0.2) is 0 Å². The minimum Gasteiger partial charge on any atom is -0.384 e. The summed E-state index contributed by atoms with van der Waals surface area (Å²) in [6.07, 6.45) is 8.62. The average molecular weight is 241 g/mol. The number of rotatable bonds is 2. The van der Waals surface area contributed by atoms with Crippen LogP contribution in [-0.2, 0) is 0 Å². The van der Waals surface area contributed by atoms with Crippen LogP contribution >= 0.6 is 0 Å². The molecule has 3 heteroatoms. The maximum Gasteiger partial charge on any atom is 0.126 e. The van der Waals surface area contributed by atoms with Gasteiger partial charge in [0.2, 0.25) is 0 Å². The molecule has 3 rings (SSSR count). The molecule has 3 nitrogen and oxygen atoms in total. The fourth-order valence-electron chi connectivity index (χ4n) is 2.90. The van der Waals surface area contributed by atoms with E-state index in [1.165, 1.54) is 37.7 Å². The van der Waals surface area contributed by atoms with Crippen molar-refractivity contribution in [1.29, 1.82) is 0 Å². The van der Waals surface area contributed by atoms with Crippen molar-refractivity contribution in [3.63, 3.8) is 0 Å². The van der Waals surface area contributed by atoms with E-state index in [0.717, 1.165) is 17.0 Å². The van der Waals surface area contributed by atoms with Gasteiger partial charge in [-0.2, -0.15) is 5.10 Å². The van der Waals surface area contributed by atoms with Crippen LogP contribution in [0.1, 0.15) is 43.6 Å². The number of nitrogens with zero attached hydrogens (tertiary/aromatic N) is 1. The van der Waals surface area contributed by atoms with E-state index in [1.807, 2.05) is 0 Å². The molecule has 18 heavy (non-hydrogen) atoms. The number of nitrogens with two attached hydrogens (primary N) is 1. The van der Waals surface area contributed by atoms with E-state index in [9.17, 15) is 0 Å². The highest BCUT2D eigenvalue weighted by Gasteiger charge is 2.15. The third-order valence-electron chi connectivity index (χ3n) is 3.97. The highest BCUT2D eigenvalue weighted by Crippen LogP contribution is 2.33. The molecule has 3 N–H and O–H groups in total. The molecule has 0 aliphatic heterocycles. The Morgan fingerprint density at radius 1 is 1.06 bits per heavy atom. The van der Waals surface area contributed by atoms with Crippen molar-refractivity contribution in [3.05, 3.63) is 36.0 Å². The van der Waals surface area contributed by atoms with Crippen molar-refractivity contribution in [2.24, 2.45) is 0 Å². The molecule has 1 heterocycles. The number of aromatic nitrogens is 2. The molecule has 0 spiro atoms. The zero-order chi connectivity index (χ0) is 12.4. The number of anilines is 1. The predicted octanol–water partition coefficient (Wildman–Crippen LogP) is 3.71. The maximum atomic E-state index is 5.84. The number of hydrogen-bond acceptors (Lipinski definition) is 2. The molecule has 1 fully saturated rings. The summed E-state index contributed by atoms with van der Waals surface area (Å²) < 4.78 is 0. The number of nitrogen functional groups attached to an aromatic ring is 1. The van der Waals surface area contributed by atoms with E-state index < -0.39 is 0 Å². The monoisotopic (exact) mass is 241 g/mol. The maximum absolute atomic E-state index is 5.84. The van der Waals surface area contributed by atoms with Crippen LogP contribution in [0.5, 0.6) is 0 Å². The number of H-pyrrole nitrogens is 1. The Kier molecular flexibility index (Phi) is 3.05. The molecule has 94 valence electrons. The summed E-state index contributed by atoms with van der Waals surface area (Å²) in [6.45, 7) is 0. The molecule has 0 bridgehead atoms. The summed E-state index contributed by atoms with van der Waals surface area (Å²) in [6, 6.07) is 8.81. The van der Waals surface area contributed by atoms with E-state index in [4.69, 9.17) is 5.73 Å². The average Bonchev–Trinajstić information content (AvgIpc) is 2.86. The lowest BCUT2D eigenvalue weighted by atomic mass is 9.84. The van der Waals surface area contributed by atoms with Gasteiger partial charge in [0.05, 0.1) is 6.20 Å². The van der Waals surface area contributed by atoms with Gasteiger partial charge in [0.25, 0.3) is 0 Å². The first-order valence-corrected chi connectivity index (χ1v) is 6.74. The zero-order valence-electron chi connectivity index (χ0n) is 10.5. The Balaban J connectivity index is 1.82. The molecule has 2 aromatic rings. The molecule has 0 unspecified atom stereocenters. The zero-order valence-corrected chi connectivity index (χ0v) is 10.5. The molecular formula is C15H19N3. The number of nitrogens with one attached hydrogen (secondary N) is 1. The standard InChI is InChI=1S/C15H19N3/c16-15-14(10-17-18-15)13-8-6-12(7-9-13)11-4-2-1-3-5-11/h6-11H,1-5H2,(H3,16,17,18). The minimum atomic E-state index is 0.639. The molecule has 1 aliphatic carbocycles. The lowest BCUT2D eigenvalue weighted by Gasteiger charge is -2.22. The molecule has 1 aromatic carbocycles. The van der Waals surface area contributed by atoms with Gasteiger partial charge in [0.1, 0.15) is 5.82 Å². The van der Waals surface area contributed by atoms with E-state index >= 15 is 0 Å². The van der Waals surface area contributed by atoms with Gasteiger partial charge in [-0.15, -0.1) is 0 Å². The second-order valence-corrected chi connectivity index (χ2v) is 5.15. The van der Waals surface area contributed by atoms with Crippen LogP contribution in [0.2, 0.25) is 0 Å². The largest absolute Gasteiger partial charge is 0.384 e. The Morgan fingerprint density at radius 2 is 1.78 bits per heavy atom. The van der Waals surface area contributed by atoms with Gasteiger partial charge >= 0.3 is 0 Å². The van der Waals surface area contributed by atoms with Crippen molar-refractivity contribution in [3.8, 4) is 11.1 Å². The summed E-state index contributed by atoms with van der Waals surface area (Å²) in [5, 5.41) is 6.73. The summed E-state index contributed by atoms with van der Waals surface area (Å²) in [7, 11) is 0. The second kappa shape index (κ2) is 4.84. The normalized spacial score (nSPS) is 16.9. The van der Waals surface area contributed by atoms with Gasteiger partial charge in [-0.1, -0.05) is 43.5 Å². The van der Waals surface area contributed by atoms with Crippen LogP contribution < -0.4 is 5.73 Å². The summed E-state index contributed by atoms with van der Waals surface area (Å²) in [5.74, 6) is 1.40. The summed E-state index contributed by atoms with van der Waals surface area (Å²) in [5.41, 5.74) is 9.44. The topological polar surface area (TPSA) is 54.7 Å². The molecule has 0 saturated heterocycles. The first-order valence-electron chi connectivity index (χ1n) is 6.74. The predicted molar refractivity (Wildman–Crippen MR) is 74.3 cm³/mol. The Bertz CT molecular complexity index is 507. The number of aromatic amines is 1. The van der Waals surface area contributed by atoms with Crippen molar-refractivity contribution < 1.29 is 0 Å².